The molecule has 21 heavy (non-hydrogen) atoms. The molecule has 0 spiro atoms. The highest BCUT2D eigenvalue weighted by atomic mass is 32.2. The van der Waals surface area contributed by atoms with Gasteiger partial charge in [0.15, 0.2) is 11.5 Å². The third-order valence-corrected chi connectivity index (χ3v) is 4.01. The van der Waals surface area contributed by atoms with Crippen molar-refractivity contribution in [2.75, 3.05) is 38.4 Å². The van der Waals surface area contributed by atoms with Crippen molar-refractivity contribution in [2.24, 2.45) is 0 Å². The molecule has 0 bridgehead atoms. The van der Waals surface area contributed by atoms with E-state index < -0.39 is 0 Å². The van der Waals surface area contributed by atoms with Gasteiger partial charge in [-0.2, -0.15) is 0 Å². The molecule has 1 aliphatic rings. The first-order chi connectivity index (χ1) is 10.1. The molecule has 1 aliphatic heterocycles. The zero-order valence-corrected chi connectivity index (χ0v) is 12.9. The van der Waals surface area contributed by atoms with Gasteiger partial charge in [-0.3, -0.25) is 9.59 Å². The first kappa shape index (κ1) is 15.5. The van der Waals surface area contributed by atoms with E-state index in [0.29, 0.717) is 30.3 Å². The van der Waals surface area contributed by atoms with Crippen LogP contribution in [0.5, 0.6) is 11.5 Å². The minimum Gasteiger partial charge on any atom is -0.493 e. The molecular formula is C14H18N2O4S. The van der Waals surface area contributed by atoms with Crippen LogP contribution in [0.25, 0.3) is 0 Å². The molecule has 0 aromatic heterocycles. The van der Waals surface area contributed by atoms with Crippen molar-refractivity contribution in [3.8, 4) is 11.5 Å². The van der Waals surface area contributed by atoms with Crippen molar-refractivity contribution < 1.29 is 19.1 Å². The van der Waals surface area contributed by atoms with Crippen molar-refractivity contribution in [1.29, 1.82) is 0 Å². The summed E-state index contributed by atoms with van der Waals surface area (Å²) >= 11 is 1.29. The summed E-state index contributed by atoms with van der Waals surface area (Å²) < 4.78 is 10.3. The van der Waals surface area contributed by atoms with E-state index in [1.54, 1.807) is 37.3 Å². The number of nitrogens with one attached hydrogen (secondary N) is 1. The van der Waals surface area contributed by atoms with E-state index in [-0.39, 0.29) is 17.6 Å². The number of carbonyl (C=O) groups is 2. The predicted molar refractivity (Wildman–Crippen MR) is 82.2 cm³/mol. The third-order valence-electron chi connectivity index (χ3n) is 3.12. The third kappa shape index (κ3) is 4.04. The number of ether oxygens (including phenoxy) is 2. The van der Waals surface area contributed by atoms with Crippen LogP contribution in [0.1, 0.15) is 6.42 Å². The molecule has 2 amide bonds. The lowest BCUT2D eigenvalue weighted by Crippen LogP contribution is -2.27. The van der Waals surface area contributed by atoms with Gasteiger partial charge in [-0.25, -0.2) is 0 Å². The Kier molecular flexibility index (Phi) is 5.32. The quantitative estimate of drug-likeness (QED) is 0.872. The van der Waals surface area contributed by atoms with Crippen LogP contribution >= 0.6 is 11.8 Å². The minimum atomic E-state index is -0.132. The van der Waals surface area contributed by atoms with Crippen molar-refractivity contribution in [3.05, 3.63) is 18.2 Å². The summed E-state index contributed by atoms with van der Waals surface area (Å²) in [5.74, 6) is 1.83. The molecule has 0 aliphatic carbocycles. The monoisotopic (exact) mass is 310 g/mol. The maximum atomic E-state index is 11.9. The Morgan fingerprint density at radius 3 is 2.71 bits per heavy atom. The van der Waals surface area contributed by atoms with E-state index in [2.05, 4.69) is 5.32 Å². The topological polar surface area (TPSA) is 67.9 Å². The molecule has 6 nitrogen and oxygen atoms in total. The molecule has 1 saturated heterocycles. The number of hydrogen-bond donors (Lipinski definition) is 1. The summed E-state index contributed by atoms with van der Waals surface area (Å²) in [6, 6.07) is 5.18. The molecule has 0 saturated carbocycles. The molecule has 1 fully saturated rings. The summed E-state index contributed by atoms with van der Waals surface area (Å²) in [4.78, 5) is 25.0. The fraction of sp³-hybridized carbons (Fsp3) is 0.429. The molecule has 114 valence electrons. The van der Waals surface area contributed by atoms with E-state index in [9.17, 15) is 9.59 Å². The lowest BCUT2D eigenvalue weighted by molar-refractivity contribution is -0.116. The number of benzene rings is 1. The van der Waals surface area contributed by atoms with Crippen LogP contribution in [0.15, 0.2) is 18.2 Å². The van der Waals surface area contributed by atoms with Crippen LogP contribution in [-0.2, 0) is 4.79 Å². The standard InChI is InChI=1S/C14H18N2O4S/c1-19-11-4-3-10(9-12(11)20-2)15-13(17)5-6-16-7-8-21-14(16)18/h3-4,9H,5-8H2,1-2H3,(H,15,17). The van der Waals surface area contributed by atoms with Crippen molar-refractivity contribution in [1.82, 2.24) is 4.90 Å². The van der Waals surface area contributed by atoms with Gasteiger partial charge in [-0.15, -0.1) is 0 Å². The minimum absolute atomic E-state index is 0.0499. The van der Waals surface area contributed by atoms with Gasteiger partial charge in [-0.05, 0) is 12.1 Å². The van der Waals surface area contributed by atoms with Crippen LogP contribution in [-0.4, -0.2) is 49.1 Å². The summed E-state index contributed by atoms with van der Waals surface area (Å²) in [7, 11) is 3.10. The second kappa shape index (κ2) is 7.21. The van der Waals surface area contributed by atoms with Gasteiger partial charge < -0.3 is 19.7 Å². The van der Waals surface area contributed by atoms with E-state index >= 15 is 0 Å². The summed E-state index contributed by atoms with van der Waals surface area (Å²) in [5.41, 5.74) is 0.639. The Bertz CT molecular complexity index is 536. The second-order valence-electron chi connectivity index (χ2n) is 4.47. The van der Waals surface area contributed by atoms with E-state index in [1.165, 1.54) is 11.8 Å². The largest absolute Gasteiger partial charge is 0.493 e. The Morgan fingerprint density at radius 1 is 1.33 bits per heavy atom. The van der Waals surface area contributed by atoms with E-state index in [0.717, 1.165) is 5.75 Å². The fourth-order valence-corrected chi connectivity index (χ4v) is 2.85. The highest BCUT2D eigenvalue weighted by Gasteiger charge is 2.21. The molecule has 0 atom stereocenters. The number of anilines is 1. The van der Waals surface area contributed by atoms with Gasteiger partial charge in [-0.1, -0.05) is 11.8 Å². The maximum absolute atomic E-state index is 11.9. The summed E-state index contributed by atoms with van der Waals surface area (Å²) in [5, 5.41) is 2.84. The van der Waals surface area contributed by atoms with Crippen LogP contribution in [0.3, 0.4) is 0 Å². The highest BCUT2D eigenvalue weighted by Crippen LogP contribution is 2.29. The lowest BCUT2D eigenvalue weighted by atomic mass is 10.2. The van der Waals surface area contributed by atoms with Gasteiger partial charge in [0.2, 0.25) is 5.91 Å². The smallest absolute Gasteiger partial charge is 0.281 e. The molecule has 2 rings (SSSR count). The van der Waals surface area contributed by atoms with Gasteiger partial charge in [0, 0.05) is 37.0 Å². The van der Waals surface area contributed by atoms with E-state index in [4.69, 9.17) is 9.47 Å². The first-order valence-electron chi connectivity index (χ1n) is 6.57. The Morgan fingerprint density at radius 2 is 2.10 bits per heavy atom. The van der Waals surface area contributed by atoms with Crippen molar-refractivity contribution in [3.63, 3.8) is 0 Å². The zero-order valence-electron chi connectivity index (χ0n) is 12.0. The SMILES string of the molecule is COc1ccc(NC(=O)CCN2CCSC2=O)cc1OC. The molecule has 1 aromatic rings. The molecular weight excluding hydrogens is 292 g/mol. The van der Waals surface area contributed by atoms with Gasteiger partial charge in [0.05, 0.1) is 14.2 Å². The normalized spacial score (nSPS) is 14.2. The van der Waals surface area contributed by atoms with E-state index in [1.807, 2.05) is 0 Å². The van der Waals surface area contributed by atoms with Gasteiger partial charge in [0.1, 0.15) is 0 Å². The number of amides is 2. The zero-order chi connectivity index (χ0) is 15.2. The molecule has 0 unspecified atom stereocenters. The number of rotatable bonds is 6. The van der Waals surface area contributed by atoms with Crippen LogP contribution in [0.4, 0.5) is 10.5 Å². The molecule has 0 radical (unpaired) electrons. The fourth-order valence-electron chi connectivity index (χ4n) is 2.00. The first-order valence-corrected chi connectivity index (χ1v) is 7.56. The van der Waals surface area contributed by atoms with Crippen LogP contribution < -0.4 is 14.8 Å². The van der Waals surface area contributed by atoms with Crippen molar-refractivity contribution >= 4 is 28.6 Å². The van der Waals surface area contributed by atoms with Crippen molar-refractivity contribution in [2.45, 2.75) is 6.42 Å². The van der Waals surface area contributed by atoms with Gasteiger partial charge >= 0.3 is 0 Å². The summed E-state index contributed by atoms with van der Waals surface area (Å²) in [6.07, 6.45) is 0.278. The molecule has 1 N–H and O–H groups in total. The van der Waals surface area contributed by atoms with Gasteiger partial charge in [0.25, 0.3) is 5.24 Å². The van der Waals surface area contributed by atoms with Crippen LogP contribution in [0, 0.1) is 0 Å². The number of hydrogen-bond acceptors (Lipinski definition) is 5. The Labute approximate surface area is 127 Å². The molecule has 1 aromatic carbocycles. The Balaban J connectivity index is 1.88. The predicted octanol–water partition coefficient (Wildman–Crippen LogP) is 2.20. The maximum Gasteiger partial charge on any atom is 0.281 e. The second-order valence-corrected chi connectivity index (χ2v) is 5.52. The molecule has 7 heteroatoms. The molecule has 1 heterocycles. The van der Waals surface area contributed by atoms with Crippen LogP contribution in [0.2, 0.25) is 0 Å². The Hall–Kier alpha value is -1.89. The number of nitrogens with zero attached hydrogens (tertiary/aromatic N) is 1. The number of carbonyl (C=O) groups excluding carboxylic acids is 2. The highest BCUT2D eigenvalue weighted by molar-refractivity contribution is 8.13. The number of methoxy groups -OCH3 is 2. The average Bonchev–Trinajstić information content (AvgIpc) is 2.90. The summed E-state index contributed by atoms with van der Waals surface area (Å²) in [6.45, 7) is 1.16. The lowest BCUT2D eigenvalue weighted by Gasteiger charge is -2.14. The number of thioether (sulfide) groups is 1. The average molecular weight is 310 g/mol.